The highest BCUT2D eigenvalue weighted by Gasteiger charge is 2.05. The minimum Gasteiger partial charge on any atom is -0.489 e. The van der Waals surface area contributed by atoms with E-state index in [9.17, 15) is 4.79 Å². The maximum atomic E-state index is 11.8. The molecule has 2 rings (SSSR count). The van der Waals surface area contributed by atoms with E-state index in [1.165, 1.54) is 0 Å². The van der Waals surface area contributed by atoms with Gasteiger partial charge in [0.25, 0.3) is 5.91 Å². The summed E-state index contributed by atoms with van der Waals surface area (Å²) < 4.78 is 11.2. The second-order valence-electron chi connectivity index (χ2n) is 6.13. The number of nitrogens with zero attached hydrogens (tertiary/aromatic N) is 1. The highest BCUT2D eigenvalue weighted by Crippen LogP contribution is 2.18. The van der Waals surface area contributed by atoms with Crippen LogP contribution in [-0.2, 0) is 11.4 Å². The molecule has 0 heterocycles. The van der Waals surface area contributed by atoms with Gasteiger partial charge in [-0.05, 0) is 49.1 Å². The van der Waals surface area contributed by atoms with Crippen LogP contribution in [0.4, 0.5) is 0 Å². The number of carbonyl (C=O) groups excluding carboxylic acids is 1. The number of hydrogen-bond acceptors (Lipinski definition) is 4. The fourth-order valence-corrected chi connectivity index (χ4v) is 2.11. The zero-order valence-corrected chi connectivity index (χ0v) is 15.6. The van der Waals surface area contributed by atoms with Gasteiger partial charge in [-0.25, -0.2) is 5.43 Å². The van der Waals surface area contributed by atoms with Crippen molar-refractivity contribution in [3.63, 3.8) is 0 Å². The van der Waals surface area contributed by atoms with Crippen LogP contribution in [-0.4, -0.2) is 18.2 Å². The lowest BCUT2D eigenvalue weighted by molar-refractivity contribution is -0.123. The fraction of sp³-hybridized carbons (Fsp3) is 0.333. The number of rotatable bonds is 9. The van der Waals surface area contributed by atoms with Crippen molar-refractivity contribution < 1.29 is 14.3 Å². The Bertz CT molecular complexity index is 712. The molecule has 0 radical (unpaired) electrons. The first-order valence-electron chi connectivity index (χ1n) is 8.81. The molecule has 0 bridgehead atoms. The Balaban J connectivity index is 1.75. The Hall–Kier alpha value is -2.82. The number of nitrogens with one attached hydrogen (secondary N) is 1. The van der Waals surface area contributed by atoms with Crippen molar-refractivity contribution in [2.45, 2.75) is 33.8 Å². The van der Waals surface area contributed by atoms with Crippen LogP contribution in [0.5, 0.6) is 11.5 Å². The van der Waals surface area contributed by atoms with E-state index in [-0.39, 0.29) is 12.5 Å². The summed E-state index contributed by atoms with van der Waals surface area (Å²) in [7, 11) is 0. The van der Waals surface area contributed by atoms with Crippen molar-refractivity contribution in [2.24, 2.45) is 11.0 Å². The summed E-state index contributed by atoms with van der Waals surface area (Å²) in [6, 6.07) is 17.2. The van der Waals surface area contributed by atoms with Gasteiger partial charge in [-0.3, -0.25) is 4.79 Å². The van der Waals surface area contributed by atoms with E-state index in [1.54, 1.807) is 12.1 Å². The van der Waals surface area contributed by atoms with Crippen LogP contribution < -0.4 is 14.9 Å². The molecule has 0 unspecified atom stereocenters. The first-order chi connectivity index (χ1) is 12.6. The van der Waals surface area contributed by atoms with Gasteiger partial charge in [0.2, 0.25) is 0 Å². The van der Waals surface area contributed by atoms with E-state index in [4.69, 9.17) is 9.47 Å². The van der Waals surface area contributed by atoms with Crippen molar-refractivity contribution in [1.82, 2.24) is 5.43 Å². The van der Waals surface area contributed by atoms with Crippen molar-refractivity contribution >= 4 is 11.6 Å². The molecule has 0 fully saturated rings. The molecule has 0 aliphatic carbocycles. The van der Waals surface area contributed by atoms with Crippen LogP contribution >= 0.6 is 0 Å². The van der Waals surface area contributed by atoms with Crippen LogP contribution in [0.2, 0.25) is 0 Å². The topological polar surface area (TPSA) is 59.9 Å². The van der Waals surface area contributed by atoms with Crippen molar-refractivity contribution in [2.75, 3.05) is 6.61 Å². The first kappa shape index (κ1) is 19.5. The summed E-state index contributed by atoms with van der Waals surface area (Å²) in [4.78, 5) is 11.8. The first-order valence-corrected chi connectivity index (χ1v) is 8.81. The van der Waals surface area contributed by atoms with Crippen LogP contribution in [0.15, 0.2) is 59.7 Å². The van der Waals surface area contributed by atoms with E-state index in [0.717, 1.165) is 23.4 Å². The van der Waals surface area contributed by atoms with E-state index >= 15 is 0 Å². The molecule has 26 heavy (non-hydrogen) atoms. The third kappa shape index (κ3) is 6.59. The molecule has 0 aliphatic rings. The van der Waals surface area contributed by atoms with Gasteiger partial charge in [0, 0.05) is 5.71 Å². The number of hydrazone groups is 1. The molecule has 0 saturated heterocycles. The molecule has 1 N–H and O–H groups in total. The van der Waals surface area contributed by atoms with Gasteiger partial charge in [-0.1, -0.05) is 44.2 Å². The largest absolute Gasteiger partial charge is 0.489 e. The van der Waals surface area contributed by atoms with Crippen molar-refractivity contribution in [1.29, 1.82) is 0 Å². The summed E-state index contributed by atoms with van der Waals surface area (Å²) in [5.41, 5.74) is 4.53. The minimum atomic E-state index is -0.281. The Morgan fingerprint density at radius 1 is 1.04 bits per heavy atom. The van der Waals surface area contributed by atoms with Gasteiger partial charge < -0.3 is 9.47 Å². The minimum absolute atomic E-state index is 0.0818. The van der Waals surface area contributed by atoms with Crippen molar-refractivity contribution in [3.8, 4) is 11.5 Å². The average Bonchev–Trinajstić information content (AvgIpc) is 2.69. The van der Waals surface area contributed by atoms with Gasteiger partial charge in [0.1, 0.15) is 18.1 Å². The van der Waals surface area contributed by atoms with Crippen LogP contribution in [0.1, 0.15) is 32.8 Å². The third-order valence-corrected chi connectivity index (χ3v) is 4.12. The fourth-order valence-electron chi connectivity index (χ4n) is 2.11. The van der Waals surface area contributed by atoms with Gasteiger partial charge in [-0.2, -0.15) is 5.10 Å². The molecular weight excluding hydrogens is 328 g/mol. The van der Waals surface area contributed by atoms with Gasteiger partial charge >= 0.3 is 0 Å². The molecule has 0 spiro atoms. The number of hydrogen-bond donors (Lipinski definition) is 1. The molecule has 0 saturated carbocycles. The zero-order valence-electron chi connectivity index (χ0n) is 15.6. The molecule has 2 aromatic rings. The number of benzene rings is 2. The van der Waals surface area contributed by atoms with Gasteiger partial charge in [0.05, 0.1) is 0 Å². The smallest absolute Gasteiger partial charge is 0.277 e. The summed E-state index contributed by atoms with van der Waals surface area (Å²) in [6.45, 7) is 6.49. The highest BCUT2D eigenvalue weighted by atomic mass is 16.5. The van der Waals surface area contributed by atoms with E-state index in [2.05, 4.69) is 24.4 Å². The molecule has 2 aromatic carbocycles. The lowest BCUT2D eigenvalue weighted by atomic mass is 10.1. The molecule has 5 nitrogen and oxygen atoms in total. The van der Waals surface area contributed by atoms with E-state index in [1.807, 2.05) is 49.4 Å². The van der Waals surface area contributed by atoms with Crippen LogP contribution in [0, 0.1) is 5.92 Å². The predicted molar refractivity (Wildman–Crippen MR) is 103 cm³/mol. The monoisotopic (exact) mass is 354 g/mol. The molecule has 1 amide bonds. The Morgan fingerprint density at radius 3 is 2.27 bits per heavy atom. The Kier molecular flexibility index (Phi) is 7.68. The molecule has 138 valence electrons. The lowest BCUT2D eigenvalue weighted by Gasteiger charge is -2.09. The molecule has 1 atom stereocenters. The highest BCUT2D eigenvalue weighted by molar-refractivity contribution is 5.86. The standard InChI is InChI=1S/C21H26N2O3/c1-4-16(2)17(3)22-23-21(24)15-26-20-12-10-19(11-13-20)25-14-18-8-6-5-7-9-18/h5-13,16H,4,14-15H2,1-3H3,(H,23,24)/b22-17-/t16-/m0/s1. The normalized spacial score (nSPS) is 12.3. The average molecular weight is 354 g/mol. The summed E-state index contributed by atoms with van der Waals surface area (Å²) >= 11 is 0. The lowest BCUT2D eigenvalue weighted by Crippen LogP contribution is -2.26. The SMILES string of the molecule is CC[C@H](C)/C(C)=N\NC(=O)COc1ccc(OCc2ccccc2)cc1. The second kappa shape index (κ2) is 10.2. The van der Waals surface area contributed by atoms with E-state index < -0.39 is 0 Å². The maximum Gasteiger partial charge on any atom is 0.277 e. The quantitative estimate of drug-likeness (QED) is 0.543. The molecule has 5 heteroatoms. The molecule has 0 aromatic heterocycles. The Labute approximate surface area is 155 Å². The zero-order chi connectivity index (χ0) is 18.8. The van der Waals surface area contributed by atoms with Gasteiger partial charge in [0.15, 0.2) is 6.61 Å². The van der Waals surface area contributed by atoms with Crippen LogP contribution in [0.25, 0.3) is 0 Å². The maximum absolute atomic E-state index is 11.8. The predicted octanol–water partition coefficient (Wildman–Crippen LogP) is 4.18. The summed E-state index contributed by atoms with van der Waals surface area (Å²) in [6.07, 6.45) is 0.987. The van der Waals surface area contributed by atoms with E-state index in [0.29, 0.717) is 18.3 Å². The molecule has 0 aliphatic heterocycles. The Morgan fingerprint density at radius 2 is 1.65 bits per heavy atom. The molecular formula is C21H26N2O3. The number of amides is 1. The summed E-state index contributed by atoms with van der Waals surface area (Å²) in [5, 5.41) is 4.09. The number of carbonyl (C=O) groups is 1. The number of ether oxygens (including phenoxy) is 2. The van der Waals surface area contributed by atoms with Gasteiger partial charge in [-0.15, -0.1) is 0 Å². The van der Waals surface area contributed by atoms with Crippen LogP contribution in [0.3, 0.4) is 0 Å². The second-order valence-corrected chi connectivity index (χ2v) is 6.13. The van der Waals surface area contributed by atoms with Crippen molar-refractivity contribution in [3.05, 3.63) is 60.2 Å². The third-order valence-electron chi connectivity index (χ3n) is 4.12. The summed E-state index contributed by atoms with van der Waals surface area (Å²) in [5.74, 6) is 1.42.